The summed E-state index contributed by atoms with van der Waals surface area (Å²) in [6.07, 6.45) is 0. The summed E-state index contributed by atoms with van der Waals surface area (Å²) in [5, 5.41) is 20.0. The van der Waals surface area contributed by atoms with E-state index in [9.17, 15) is 0 Å². The third-order valence-corrected chi connectivity index (χ3v) is 4.49. The molecule has 0 spiro atoms. The molecule has 5 heterocycles. The molecule has 1 aliphatic heterocycles. The first-order valence-corrected chi connectivity index (χ1v) is 8.76. The Balaban J connectivity index is 1.47. The van der Waals surface area contributed by atoms with Crippen LogP contribution in [0.5, 0.6) is 11.6 Å². The monoisotopic (exact) mass is 379 g/mol. The average Bonchev–Trinajstić information content (AvgIpc) is 3.43. The number of nitrogens with one attached hydrogen (secondary N) is 1. The van der Waals surface area contributed by atoms with Gasteiger partial charge in [0.15, 0.2) is 17.1 Å². The molecule has 142 valence electrons. The van der Waals surface area contributed by atoms with Crippen LogP contribution in [-0.2, 0) is 19.7 Å². The lowest BCUT2D eigenvalue weighted by atomic mass is 10.2. The molecule has 0 aliphatic carbocycles. The molecule has 4 aromatic heterocycles. The minimum Gasteiger partial charge on any atom is -0.491 e. The van der Waals surface area contributed by atoms with Gasteiger partial charge in [-0.2, -0.15) is 4.52 Å². The first-order valence-electron chi connectivity index (χ1n) is 8.76. The van der Waals surface area contributed by atoms with E-state index in [0.29, 0.717) is 34.6 Å². The van der Waals surface area contributed by atoms with Gasteiger partial charge in [-0.15, -0.1) is 15.3 Å². The summed E-state index contributed by atoms with van der Waals surface area (Å²) in [5.74, 6) is 1.91. The van der Waals surface area contributed by atoms with Crippen molar-refractivity contribution in [2.24, 2.45) is 0 Å². The molecule has 0 atom stereocenters. The number of rotatable bonds is 5. The highest BCUT2D eigenvalue weighted by Crippen LogP contribution is 2.28. The zero-order valence-electron chi connectivity index (χ0n) is 15.3. The largest absolute Gasteiger partial charge is 0.491 e. The molecule has 0 saturated heterocycles. The summed E-state index contributed by atoms with van der Waals surface area (Å²) in [7, 11) is 1.55. The Bertz CT molecular complexity index is 1170. The topological polar surface area (TPSA) is 112 Å². The lowest BCUT2D eigenvalue weighted by Crippen LogP contribution is -2.06. The Labute approximate surface area is 159 Å². The molecule has 0 aromatic carbocycles. The van der Waals surface area contributed by atoms with Crippen LogP contribution in [0.3, 0.4) is 0 Å². The van der Waals surface area contributed by atoms with Crippen molar-refractivity contribution in [1.82, 2.24) is 35.3 Å². The zero-order chi connectivity index (χ0) is 19.1. The molecule has 1 N–H and O–H groups in total. The molecule has 0 radical (unpaired) electrons. The number of fused-ring (bicyclic) bond motifs is 2. The quantitative estimate of drug-likeness (QED) is 0.553. The maximum absolute atomic E-state index is 5.91. The molecular formula is C18H17N7O3. The van der Waals surface area contributed by atoms with Crippen molar-refractivity contribution in [3.8, 4) is 23.1 Å². The molecule has 4 aromatic rings. The first kappa shape index (κ1) is 16.6. The molecule has 0 saturated carbocycles. The van der Waals surface area contributed by atoms with Gasteiger partial charge in [0.1, 0.15) is 12.4 Å². The van der Waals surface area contributed by atoms with Gasteiger partial charge in [-0.25, -0.2) is 0 Å². The molecular weight excluding hydrogens is 362 g/mol. The molecule has 0 bridgehead atoms. The van der Waals surface area contributed by atoms with Crippen LogP contribution >= 0.6 is 0 Å². The van der Waals surface area contributed by atoms with Crippen molar-refractivity contribution in [2.45, 2.75) is 26.6 Å². The molecule has 0 fully saturated rings. The molecule has 1 aliphatic rings. The Kier molecular flexibility index (Phi) is 3.90. The van der Waals surface area contributed by atoms with Crippen molar-refractivity contribution >= 4 is 5.65 Å². The highest BCUT2D eigenvalue weighted by Gasteiger charge is 2.18. The lowest BCUT2D eigenvalue weighted by molar-refractivity contribution is 0.264. The van der Waals surface area contributed by atoms with E-state index in [4.69, 9.17) is 14.0 Å². The van der Waals surface area contributed by atoms with E-state index in [2.05, 4.69) is 36.8 Å². The Morgan fingerprint density at radius 2 is 2.14 bits per heavy atom. The summed E-state index contributed by atoms with van der Waals surface area (Å²) in [6, 6.07) is 7.51. The van der Waals surface area contributed by atoms with Crippen molar-refractivity contribution in [1.29, 1.82) is 0 Å². The molecule has 0 amide bonds. The summed E-state index contributed by atoms with van der Waals surface area (Å²) < 4.78 is 18.0. The summed E-state index contributed by atoms with van der Waals surface area (Å²) in [6.45, 7) is 3.71. The molecule has 5 rings (SSSR count). The summed E-state index contributed by atoms with van der Waals surface area (Å²) >= 11 is 0. The number of aromatic nitrogens is 6. The van der Waals surface area contributed by atoms with E-state index in [0.717, 1.165) is 24.5 Å². The van der Waals surface area contributed by atoms with Crippen molar-refractivity contribution in [3.63, 3.8) is 0 Å². The normalized spacial score (nSPS) is 13.1. The second kappa shape index (κ2) is 6.57. The predicted molar refractivity (Wildman–Crippen MR) is 96.7 cm³/mol. The Morgan fingerprint density at radius 3 is 2.96 bits per heavy atom. The van der Waals surface area contributed by atoms with Crippen molar-refractivity contribution in [3.05, 3.63) is 47.0 Å². The van der Waals surface area contributed by atoms with E-state index >= 15 is 0 Å². The van der Waals surface area contributed by atoms with Gasteiger partial charge < -0.3 is 19.3 Å². The second-order valence-corrected chi connectivity index (χ2v) is 6.43. The number of pyridine rings is 1. The first-order chi connectivity index (χ1) is 13.7. The minimum absolute atomic E-state index is 0.267. The standard InChI is InChI=1S/C18H17N7O3/c1-10-5-13(24-28-10)17-22-21-16-6-15(26-2)18(23-25(16)17)27-9-12-4-3-11-7-19-8-14(11)20-12/h3-6,19H,7-9H2,1-2H3. The van der Waals surface area contributed by atoms with Gasteiger partial charge in [0.25, 0.3) is 5.88 Å². The third kappa shape index (κ3) is 2.83. The van der Waals surface area contributed by atoms with Crippen LogP contribution in [-0.4, -0.2) is 37.1 Å². The van der Waals surface area contributed by atoms with Crippen molar-refractivity contribution in [2.75, 3.05) is 7.11 Å². The fraction of sp³-hybridized carbons (Fsp3) is 0.278. The number of ether oxygens (including phenoxy) is 2. The molecule has 10 nitrogen and oxygen atoms in total. The highest BCUT2D eigenvalue weighted by atomic mass is 16.5. The summed E-state index contributed by atoms with van der Waals surface area (Å²) in [4.78, 5) is 4.63. The van der Waals surface area contributed by atoms with E-state index in [-0.39, 0.29) is 6.61 Å². The van der Waals surface area contributed by atoms with Crippen LogP contribution in [0.25, 0.3) is 17.2 Å². The number of aryl methyl sites for hydroxylation is 1. The van der Waals surface area contributed by atoms with Gasteiger partial charge in [0.05, 0.1) is 18.5 Å². The van der Waals surface area contributed by atoms with Gasteiger partial charge in [0, 0.05) is 25.2 Å². The maximum Gasteiger partial charge on any atom is 0.275 e. The Hall–Kier alpha value is -3.53. The fourth-order valence-corrected chi connectivity index (χ4v) is 3.10. The van der Waals surface area contributed by atoms with E-state index < -0.39 is 0 Å². The van der Waals surface area contributed by atoms with Gasteiger partial charge in [-0.1, -0.05) is 11.2 Å². The molecule has 10 heteroatoms. The second-order valence-electron chi connectivity index (χ2n) is 6.43. The highest BCUT2D eigenvalue weighted by molar-refractivity contribution is 5.56. The number of nitrogens with zero attached hydrogens (tertiary/aromatic N) is 6. The van der Waals surface area contributed by atoms with Crippen LogP contribution in [0.4, 0.5) is 0 Å². The van der Waals surface area contributed by atoms with E-state index in [1.54, 1.807) is 23.8 Å². The number of methoxy groups -OCH3 is 1. The van der Waals surface area contributed by atoms with Gasteiger partial charge in [0.2, 0.25) is 5.82 Å². The lowest BCUT2D eigenvalue weighted by Gasteiger charge is -2.10. The number of hydrogen-bond acceptors (Lipinski definition) is 9. The van der Waals surface area contributed by atoms with Crippen LogP contribution in [0.2, 0.25) is 0 Å². The Morgan fingerprint density at radius 1 is 1.21 bits per heavy atom. The van der Waals surface area contributed by atoms with Gasteiger partial charge >= 0.3 is 0 Å². The molecule has 28 heavy (non-hydrogen) atoms. The van der Waals surface area contributed by atoms with Crippen molar-refractivity contribution < 1.29 is 14.0 Å². The zero-order valence-corrected chi connectivity index (χ0v) is 15.3. The van der Waals surface area contributed by atoms with Crippen LogP contribution in [0.15, 0.2) is 28.8 Å². The predicted octanol–water partition coefficient (Wildman–Crippen LogP) is 1.67. The van der Waals surface area contributed by atoms with Crippen LogP contribution in [0.1, 0.15) is 22.7 Å². The van der Waals surface area contributed by atoms with Crippen LogP contribution in [0, 0.1) is 6.92 Å². The van der Waals surface area contributed by atoms with E-state index in [1.165, 1.54) is 5.56 Å². The van der Waals surface area contributed by atoms with E-state index in [1.807, 2.05) is 13.0 Å². The SMILES string of the molecule is COc1cc2nnc(-c3cc(C)on3)n2nc1OCc1ccc2c(n1)CNC2. The fourth-order valence-electron chi connectivity index (χ4n) is 3.10. The average molecular weight is 379 g/mol. The molecule has 0 unspecified atom stereocenters. The van der Waals surface area contributed by atoms with Gasteiger partial charge in [-0.3, -0.25) is 4.98 Å². The smallest absolute Gasteiger partial charge is 0.275 e. The summed E-state index contributed by atoms with van der Waals surface area (Å²) in [5.41, 5.74) is 4.15. The number of hydrogen-bond donors (Lipinski definition) is 1. The van der Waals surface area contributed by atoms with Gasteiger partial charge in [-0.05, 0) is 18.6 Å². The third-order valence-electron chi connectivity index (χ3n) is 4.49. The van der Waals surface area contributed by atoms with Crippen LogP contribution < -0.4 is 14.8 Å². The maximum atomic E-state index is 5.91. The minimum atomic E-state index is 0.267.